The third-order valence-electron chi connectivity index (χ3n) is 3.40. The molecule has 0 aliphatic heterocycles. The van der Waals surface area contributed by atoms with Gasteiger partial charge >= 0.3 is 0 Å². The molecule has 3 nitrogen and oxygen atoms in total. The smallest absolute Gasteiger partial charge is 0.251 e. The van der Waals surface area contributed by atoms with Crippen LogP contribution in [0.3, 0.4) is 0 Å². The molecule has 1 amide bonds. The third-order valence-corrected chi connectivity index (χ3v) is 3.59. The molecule has 0 saturated carbocycles. The van der Waals surface area contributed by atoms with Crippen LogP contribution in [-0.4, -0.2) is 10.9 Å². The van der Waals surface area contributed by atoms with Crippen LogP contribution in [0.4, 0.5) is 0 Å². The summed E-state index contributed by atoms with van der Waals surface area (Å²) in [4.78, 5) is 16.5. The Kier molecular flexibility index (Phi) is 4.97. The number of rotatable bonds is 4. The van der Waals surface area contributed by atoms with E-state index in [2.05, 4.69) is 10.3 Å². The zero-order valence-corrected chi connectivity index (χ0v) is 13.2. The van der Waals surface area contributed by atoms with Crippen LogP contribution in [0.2, 0.25) is 5.15 Å². The molecule has 4 heteroatoms. The summed E-state index contributed by atoms with van der Waals surface area (Å²) in [7, 11) is 0. The molecule has 0 aliphatic rings. The lowest BCUT2D eigenvalue weighted by molar-refractivity contribution is 0.0939. The van der Waals surface area contributed by atoms with E-state index < -0.39 is 0 Å². The number of nitrogens with zero attached hydrogens (tertiary/aromatic N) is 1. The van der Waals surface area contributed by atoms with Gasteiger partial charge in [-0.1, -0.05) is 48.4 Å². The molecule has 1 atom stereocenters. The van der Waals surface area contributed by atoms with Gasteiger partial charge in [0.1, 0.15) is 5.15 Å². The molecule has 0 fully saturated rings. The molecule has 2 rings (SSSR count). The minimum atomic E-state index is -0.137. The molecule has 1 aromatic carbocycles. The van der Waals surface area contributed by atoms with Gasteiger partial charge in [0, 0.05) is 11.3 Å². The Morgan fingerprint density at radius 3 is 2.57 bits per heavy atom. The molecule has 1 unspecified atom stereocenters. The van der Waals surface area contributed by atoms with Gasteiger partial charge in [-0.25, -0.2) is 4.98 Å². The number of aromatic nitrogens is 1. The first-order chi connectivity index (χ1) is 9.99. The van der Waals surface area contributed by atoms with Gasteiger partial charge in [-0.3, -0.25) is 4.79 Å². The number of carbonyl (C=O) groups is 1. The highest BCUT2D eigenvalue weighted by Gasteiger charge is 2.13. The Morgan fingerprint density at radius 2 is 1.95 bits per heavy atom. The van der Waals surface area contributed by atoms with E-state index in [4.69, 9.17) is 11.6 Å². The zero-order valence-electron chi connectivity index (χ0n) is 12.5. The minimum Gasteiger partial charge on any atom is -0.346 e. The Hall–Kier alpha value is -1.87. The van der Waals surface area contributed by atoms with Crippen molar-refractivity contribution < 1.29 is 4.79 Å². The molecular formula is C17H19ClN2O. The van der Waals surface area contributed by atoms with E-state index in [1.54, 1.807) is 12.1 Å². The summed E-state index contributed by atoms with van der Waals surface area (Å²) in [6.07, 6.45) is 0.744. The molecular weight excluding hydrogens is 284 g/mol. The number of aryl methyl sites for hydroxylation is 2. The molecule has 0 radical (unpaired) electrons. The van der Waals surface area contributed by atoms with Crippen LogP contribution in [-0.2, 0) is 6.42 Å². The fourth-order valence-corrected chi connectivity index (χ4v) is 2.31. The predicted octanol–water partition coefficient (Wildman–Crippen LogP) is 4.10. The van der Waals surface area contributed by atoms with E-state index in [0.29, 0.717) is 10.7 Å². The molecule has 1 N–H and O–H groups in total. The van der Waals surface area contributed by atoms with Gasteiger partial charge in [-0.2, -0.15) is 0 Å². The fraction of sp³-hybridized carbons (Fsp3) is 0.294. The van der Waals surface area contributed by atoms with Gasteiger partial charge in [-0.15, -0.1) is 0 Å². The van der Waals surface area contributed by atoms with Crippen molar-refractivity contribution in [1.82, 2.24) is 10.3 Å². The topological polar surface area (TPSA) is 42.0 Å². The Bertz CT molecular complexity index is 638. The lowest BCUT2D eigenvalue weighted by Gasteiger charge is -2.15. The Balaban J connectivity index is 2.13. The average molecular weight is 303 g/mol. The summed E-state index contributed by atoms with van der Waals surface area (Å²) in [6, 6.07) is 11.4. The molecule has 2 aromatic rings. The van der Waals surface area contributed by atoms with Crippen molar-refractivity contribution >= 4 is 17.5 Å². The second kappa shape index (κ2) is 6.72. The minimum absolute atomic E-state index is 0.0601. The van der Waals surface area contributed by atoms with Gasteiger partial charge in [0.25, 0.3) is 5.91 Å². The maximum Gasteiger partial charge on any atom is 0.251 e. The molecule has 0 saturated heterocycles. The number of pyridine rings is 1. The summed E-state index contributed by atoms with van der Waals surface area (Å²) in [5, 5.41) is 3.33. The third kappa shape index (κ3) is 4.05. The van der Waals surface area contributed by atoms with E-state index in [1.807, 2.05) is 45.0 Å². The highest BCUT2D eigenvalue weighted by Crippen LogP contribution is 2.16. The predicted molar refractivity (Wildman–Crippen MR) is 85.7 cm³/mol. The molecule has 110 valence electrons. The first-order valence-electron chi connectivity index (χ1n) is 7.03. The van der Waals surface area contributed by atoms with E-state index in [0.717, 1.165) is 17.7 Å². The van der Waals surface area contributed by atoms with Crippen molar-refractivity contribution in [2.24, 2.45) is 0 Å². The monoisotopic (exact) mass is 302 g/mol. The second-order valence-electron chi connectivity index (χ2n) is 5.13. The first-order valence-corrected chi connectivity index (χ1v) is 7.41. The lowest BCUT2D eigenvalue weighted by Crippen LogP contribution is -2.26. The van der Waals surface area contributed by atoms with E-state index >= 15 is 0 Å². The lowest BCUT2D eigenvalue weighted by atomic mass is 10.1. The molecule has 21 heavy (non-hydrogen) atoms. The maximum atomic E-state index is 12.3. The van der Waals surface area contributed by atoms with Crippen molar-refractivity contribution in [1.29, 1.82) is 0 Å². The number of halogens is 1. The largest absolute Gasteiger partial charge is 0.346 e. The number of amides is 1. The van der Waals surface area contributed by atoms with Crippen LogP contribution in [0.15, 0.2) is 36.4 Å². The summed E-state index contributed by atoms with van der Waals surface area (Å²) >= 11 is 5.95. The van der Waals surface area contributed by atoms with Gasteiger partial charge in [-0.05, 0) is 38.0 Å². The SMILES string of the molecule is CCc1cc(C(=O)NC(C)c2ccc(C)cc2)cc(Cl)n1. The standard InChI is InChI=1S/C17H19ClN2O/c1-4-15-9-14(10-16(18)20-15)17(21)19-12(3)13-7-5-11(2)6-8-13/h5-10,12H,4H2,1-3H3,(H,19,21). The maximum absolute atomic E-state index is 12.3. The normalized spacial score (nSPS) is 12.0. The summed E-state index contributed by atoms with van der Waals surface area (Å²) in [6.45, 7) is 5.99. The van der Waals surface area contributed by atoms with E-state index in [-0.39, 0.29) is 11.9 Å². The highest BCUT2D eigenvalue weighted by atomic mass is 35.5. The van der Waals surface area contributed by atoms with Crippen molar-refractivity contribution in [3.05, 3.63) is 63.9 Å². The zero-order chi connectivity index (χ0) is 15.4. The number of benzene rings is 1. The summed E-state index contributed by atoms with van der Waals surface area (Å²) in [5.41, 5.74) is 3.64. The van der Waals surface area contributed by atoms with Crippen LogP contribution < -0.4 is 5.32 Å². The van der Waals surface area contributed by atoms with Crippen molar-refractivity contribution in [3.63, 3.8) is 0 Å². The van der Waals surface area contributed by atoms with Gasteiger partial charge in [0.05, 0.1) is 6.04 Å². The van der Waals surface area contributed by atoms with E-state index in [1.165, 1.54) is 5.56 Å². The second-order valence-corrected chi connectivity index (χ2v) is 5.52. The summed E-state index contributed by atoms with van der Waals surface area (Å²) in [5.74, 6) is -0.137. The molecule has 0 bridgehead atoms. The number of carbonyl (C=O) groups excluding carboxylic acids is 1. The fourth-order valence-electron chi connectivity index (χ4n) is 2.08. The Morgan fingerprint density at radius 1 is 1.29 bits per heavy atom. The van der Waals surface area contributed by atoms with Crippen LogP contribution in [0.5, 0.6) is 0 Å². The van der Waals surface area contributed by atoms with Gasteiger partial charge in [0.15, 0.2) is 0 Å². The molecule has 1 heterocycles. The summed E-state index contributed by atoms with van der Waals surface area (Å²) < 4.78 is 0. The molecule has 0 aliphatic carbocycles. The molecule has 0 spiro atoms. The van der Waals surface area contributed by atoms with Crippen molar-refractivity contribution in [2.75, 3.05) is 0 Å². The van der Waals surface area contributed by atoms with E-state index in [9.17, 15) is 4.79 Å². The van der Waals surface area contributed by atoms with Gasteiger partial charge < -0.3 is 5.32 Å². The number of hydrogen-bond donors (Lipinski definition) is 1. The Labute approximate surface area is 130 Å². The molecule has 1 aromatic heterocycles. The first kappa shape index (κ1) is 15.5. The van der Waals surface area contributed by atoms with Crippen LogP contribution in [0.25, 0.3) is 0 Å². The highest BCUT2D eigenvalue weighted by molar-refractivity contribution is 6.29. The quantitative estimate of drug-likeness (QED) is 0.864. The average Bonchev–Trinajstić information content (AvgIpc) is 2.47. The number of nitrogens with one attached hydrogen (secondary N) is 1. The number of hydrogen-bond acceptors (Lipinski definition) is 2. The van der Waals surface area contributed by atoms with Crippen molar-refractivity contribution in [2.45, 2.75) is 33.2 Å². The van der Waals surface area contributed by atoms with Crippen LogP contribution in [0.1, 0.15) is 47.1 Å². The van der Waals surface area contributed by atoms with Crippen LogP contribution in [0, 0.1) is 6.92 Å². The van der Waals surface area contributed by atoms with Crippen LogP contribution >= 0.6 is 11.6 Å². The van der Waals surface area contributed by atoms with Crippen molar-refractivity contribution in [3.8, 4) is 0 Å². The van der Waals surface area contributed by atoms with Gasteiger partial charge in [0.2, 0.25) is 0 Å².